The van der Waals surface area contributed by atoms with Gasteiger partial charge in [0.1, 0.15) is 6.17 Å². The molecule has 2 unspecified atom stereocenters. The Hall–Kier alpha value is -0.710. The van der Waals surface area contributed by atoms with E-state index < -0.39 is 16.2 Å². The molecule has 92 valence electrons. The first-order valence-corrected chi connectivity index (χ1v) is 7.20. The lowest BCUT2D eigenvalue weighted by atomic mass is 9.98. The molecule has 0 amide bonds. The molecule has 1 saturated heterocycles. The largest absolute Gasteiger partial charge is 0.236 e. The summed E-state index contributed by atoms with van der Waals surface area (Å²) >= 11 is 0. The molecule has 0 radical (unpaired) electrons. The van der Waals surface area contributed by atoms with Crippen molar-refractivity contribution in [3.8, 4) is 0 Å². The summed E-state index contributed by atoms with van der Waals surface area (Å²) in [5.74, 6) is 0.201. The van der Waals surface area contributed by atoms with Crippen molar-refractivity contribution in [2.45, 2.75) is 39.3 Å². The summed E-state index contributed by atoms with van der Waals surface area (Å²) < 4.78 is 25.3. The van der Waals surface area contributed by atoms with Crippen LogP contribution in [0.15, 0.2) is 4.99 Å². The summed E-state index contributed by atoms with van der Waals surface area (Å²) in [5.41, 5.74) is 0. The van der Waals surface area contributed by atoms with E-state index >= 15 is 0 Å². The summed E-state index contributed by atoms with van der Waals surface area (Å²) in [4.78, 5) is 14.0. The fourth-order valence-electron chi connectivity index (χ4n) is 2.06. The van der Waals surface area contributed by atoms with Gasteiger partial charge in [0, 0.05) is 6.54 Å². The van der Waals surface area contributed by atoms with E-state index in [4.69, 9.17) is 0 Å². The minimum atomic E-state index is -3.28. The topological polar surface area (TPSA) is 66.8 Å². The van der Waals surface area contributed by atoms with Crippen LogP contribution in [0.2, 0.25) is 0 Å². The molecule has 0 saturated carbocycles. The molecular weight excluding hydrogens is 228 g/mol. The molecule has 1 heterocycles. The average Bonchev–Trinajstić information content (AvgIpc) is 2.21. The maximum Gasteiger partial charge on any atom is 0.236 e. The van der Waals surface area contributed by atoms with E-state index in [9.17, 15) is 13.2 Å². The SMILES string of the molecule is CCCS(=O)(=O)N1CCCC(C)C1N=C=O. The maximum absolute atomic E-state index is 12.0. The van der Waals surface area contributed by atoms with E-state index in [1.807, 2.05) is 13.8 Å². The van der Waals surface area contributed by atoms with E-state index in [0.717, 1.165) is 12.8 Å². The standard InChI is InChI=1S/C10H18N2O3S/c1-3-7-16(14,15)12-6-4-5-9(2)10(12)11-8-13/h9-10H,3-7H2,1-2H3. The smallest absolute Gasteiger partial charge is 0.212 e. The molecule has 16 heavy (non-hydrogen) atoms. The number of rotatable bonds is 4. The van der Waals surface area contributed by atoms with Crippen molar-refractivity contribution in [3.63, 3.8) is 0 Å². The highest BCUT2D eigenvalue weighted by Crippen LogP contribution is 2.26. The van der Waals surface area contributed by atoms with Crippen molar-refractivity contribution in [2.24, 2.45) is 10.9 Å². The molecule has 5 nitrogen and oxygen atoms in total. The normalized spacial score (nSPS) is 27.4. The molecule has 0 aromatic rings. The van der Waals surface area contributed by atoms with Crippen LogP contribution in [0.1, 0.15) is 33.1 Å². The number of isocyanates is 1. The lowest BCUT2D eigenvalue weighted by molar-refractivity contribution is 0.194. The van der Waals surface area contributed by atoms with Crippen LogP contribution < -0.4 is 0 Å². The van der Waals surface area contributed by atoms with Crippen molar-refractivity contribution < 1.29 is 13.2 Å². The molecule has 0 aromatic carbocycles. The second-order valence-electron chi connectivity index (χ2n) is 4.18. The minimum Gasteiger partial charge on any atom is -0.212 e. The van der Waals surface area contributed by atoms with Crippen molar-refractivity contribution in [1.82, 2.24) is 4.31 Å². The van der Waals surface area contributed by atoms with Crippen molar-refractivity contribution >= 4 is 16.1 Å². The van der Waals surface area contributed by atoms with Gasteiger partial charge in [-0.2, -0.15) is 9.30 Å². The zero-order valence-electron chi connectivity index (χ0n) is 9.72. The van der Waals surface area contributed by atoms with Crippen LogP contribution in [-0.4, -0.2) is 37.3 Å². The summed E-state index contributed by atoms with van der Waals surface area (Å²) in [5, 5.41) is 0. The Kier molecular flexibility index (Phi) is 4.65. The zero-order chi connectivity index (χ0) is 12.2. The van der Waals surface area contributed by atoms with Gasteiger partial charge in [-0.05, 0) is 25.2 Å². The summed E-state index contributed by atoms with van der Waals surface area (Å²) in [6.45, 7) is 4.20. The highest BCUT2D eigenvalue weighted by Gasteiger charge is 2.35. The highest BCUT2D eigenvalue weighted by molar-refractivity contribution is 7.89. The van der Waals surface area contributed by atoms with Gasteiger partial charge in [-0.15, -0.1) is 0 Å². The Bertz CT molecular complexity index is 374. The summed E-state index contributed by atoms with van der Waals surface area (Å²) in [6, 6.07) is 0. The van der Waals surface area contributed by atoms with Crippen LogP contribution in [0.3, 0.4) is 0 Å². The van der Waals surface area contributed by atoms with Gasteiger partial charge in [-0.25, -0.2) is 13.2 Å². The Morgan fingerprint density at radius 3 is 2.75 bits per heavy atom. The predicted molar refractivity (Wildman–Crippen MR) is 61.1 cm³/mol. The molecule has 0 aliphatic carbocycles. The van der Waals surface area contributed by atoms with Gasteiger partial charge in [0.2, 0.25) is 16.1 Å². The maximum atomic E-state index is 12.0. The van der Waals surface area contributed by atoms with Crippen LogP contribution in [0.5, 0.6) is 0 Å². The van der Waals surface area contributed by atoms with Gasteiger partial charge in [0.05, 0.1) is 5.75 Å². The number of hydrogen-bond acceptors (Lipinski definition) is 4. The van der Waals surface area contributed by atoms with E-state index in [1.165, 1.54) is 10.4 Å². The van der Waals surface area contributed by atoms with Crippen LogP contribution in [0, 0.1) is 5.92 Å². The molecule has 1 aliphatic heterocycles. The van der Waals surface area contributed by atoms with Crippen molar-refractivity contribution in [1.29, 1.82) is 0 Å². The summed E-state index contributed by atoms with van der Waals surface area (Å²) in [7, 11) is -3.28. The van der Waals surface area contributed by atoms with Gasteiger partial charge in [-0.3, -0.25) is 0 Å². The Morgan fingerprint density at radius 2 is 2.19 bits per heavy atom. The molecule has 0 N–H and O–H groups in total. The van der Waals surface area contributed by atoms with Crippen molar-refractivity contribution in [2.75, 3.05) is 12.3 Å². The third-order valence-electron chi connectivity index (χ3n) is 2.85. The number of aliphatic imine (C=N–C) groups is 1. The predicted octanol–water partition coefficient (Wildman–Crippen LogP) is 1.12. The first kappa shape index (κ1) is 13.4. The van der Waals surface area contributed by atoms with E-state index in [1.54, 1.807) is 0 Å². The second-order valence-corrected chi connectivity index (χ2v) is 6.22. The molecule has 1 fully saturated rings. The van der Waals surface area contributed by atoms with Gasteiger partial charge in [-0.1, -0.05) is 13.8 Å². The molecule has 0 aromatic heterocycles. The second kappa shape index (κ2) is 5.57. The zero-order valence-corrected chi connectivity index (χ0v) is 10.5. The monoisotopic (exact) mass is 246 g/mol. The quantitative estimate of drug-likeness (QED) is 0.551. The van der Waals surface area contributed by atoms with E-state index in [-0.39, 0.29) is 11.7 Å². The molecule has 0 spiro atoms. The lowest BCUT2D eigenvalue weighted by Gasteiger charge is -2.35. The van der Waals surface area contributed by atoms with E-state index in [0.29, 0.717) is 13.0 Å². The molecule has 1 aliphatic rings. The minimum absolute atomic E-state index is 0.0850. The van der Waals surface area contributed by atoms with Crippen LogP contribution in [0.4, 0.5) is 0 Å². The number of nitrogens with zero attached hydrogens (tertiary/aromatic N) is 2. The third kappa shape index (κ3) is 2.90. The number of carbonyl (C=O) groups excluding carboxylic acids is 1. The van der Waals surface area contributed by atoms with Crippen LogP contribution >= 0.6 is 0 Å². The van der Waals surface area contributed by atoms with E-state index in [2.05, 4.69) is 4.99 Å². The first-order valence-electron chi connectivity index (χ1n) is 5.59. The number of sulfonamides is 1. The number of piperidine rings is 1. The molecule has 2 atom stereocenters. The fourth-order valence-corrected chi connectivity index (χ4v) is 3.80. The molecule has 6 heteroatoms. The Morgan fingerprint density at radius 1 is 1.50 bits per heavy atom. The van der Waals surface area contributed by atoms with Gasteiger partial charge < -0.3 is 0 Å². The first-order chi connectivity index (χ1) is 7.53. The highest BCUT2D eigenvalue weighted by atomic mass is 32.2. The van der Waals surface area contributed by atoms with Gasteiger partial charge >= 0.3 is 0 Å². The average molecular weight is 246 g/mol. The molecule has 0 bridgehead atoms. The fraction of sp³-hybridized carbons (Fsp3) is 0.900. The lowest BCUT2D eigenvalue weighted by Crippen LogP contribution is -2.47. The van der Waals surface area contributed by atoms with Gasteiger partial charge in [0.25, 0.3) is 0 Å². The third-order valence-corrected chi connectivity index (χ3v) is 4.88. The summed E-state index contributed by atoms with van der Waals surface area (Å²) in [6.07, 6.45) is 3.23. The Labute approximate surface area is 96.6 Å². The van der Waals surface area contributed by atoms with Crippen LogP contribution in [0.25, 0.3) is 0 Å². The number of hydrogen-bond donors (Lipinski definition) is 0. The van der Waals surface area contributed by atoms with Gasteiger partial charge in [0.15, 0.2) is 0 Å². The molecular formula is C10H18N2O3S. The van der Waals surface area contributed by atoms with Crippen molar-refractivity contribution in [3.05, 3.63) is 0 Å². The molecule has 1 rings (SSSR count). The van der Waals surface area contributed by atoms with Crippen LogP contribution in [-0.2, 0) is 14.8 Å². The Balaban J connectivity index is 2.95.